The van der Waals surface area contributed by atoms with E-state index in [4.69, 9.17) is 35.4 Å². The lowest BCUT2D eigenvalue weighted by Gasteiger charge is -2.17. The van der Waals surface area contributed by atoms with Gasteiger partial charge in [0.25, 0.3) is 5.69 Å². The molecule has 2 rings (SSSR count). The molecule has 2 N–H and O–H groups in total. The molecule has 0 aliphatic heterocycles. The van der Waals surface area contributed by atoms with E-state index in [-0.39, 0.29) is 15.8 Å². The van der Waals surface area contributed by atoms with Crippen molar-refractivity contribution in [2.45, 2.75) is 12.3 Å². The highest BCUT2D eigenvalue weighted by Gasteiger charge is 2.41. The van der Waals surface area contributed by atoms with Crippen molar-refractivity contribution < 1.29 is 27.2 Å². The molecule has 0 saturated carbocycles. The van der Waals surface area contributed by atoms with Crippen molar-refractivity contribution >= 4 is 57.6 Å². The topological polar surface area (TPSA) is 76.4 Å². The van der Waals surface area contributed by atoms with Crippen molar-refractivity contribution in [3.8, 4) is 5.75 Å². The van der Waals surface area contributed by atoms with Gasteiger partial charge in [-0.25, -0.2) is 8.78 Å². The summed E-state index contributed by atoms with van der Waals surface area (Å²) in [6.07, 6.45) is -3.94. The molecule has 0 atom stereocenters. The number of thiocarbonyl (C=S) groups is 1. The average molecular weight is 472 g/mol. The SMILES string of the molecule is O=[N+]([O-])c1cc(NC(=S)Nc2ccc(Cl)c(Cl)c2)cc(OCC(F)(F)C(F)F)c1. The Morgan fingerprint density at radius 2 is 1.79 bits per heavy atom. The Bertz CT molecular complexity index is 934. The number of anilines is 2. The molecule has 156 valence electrons. The molecule has 0 aliphatic carbocycles. The molecule has 0 aromatic heterocycles. The van der Waals surface area contributed by atoms with E-state index in [1.54, 1.807) is 6.07 Å². The predicted octanol–water partition coefficient (Wildman–Crippen LogP) is 5.99. The van der Waals surface area contributed by atoms with Crippen molar-refractivity contribution in [2.24, 2.45) is 0 Å². The van der Waals surface area contributed by atoms with Crippen LogP contribution in [0, 0.1) is 10.1 Å². The highest BCUT2D eigenvalue weighted by molar-refractivity contribution is 7.80. The van der Waals surface area contributed by atoms with Gasteiger partial charge in [0.1, 0.15) is 5.75 Å². The maximum Gasteiger partial charge on any atom is 0.340 e. The number of non-ortho nitro benzene ring substituents is 1. The number of ether oxygens (including phenoxy) is 1. The van der Waals surface area contributed by atoms with E-state index in [0.29, 0.717) is 10.7 Å². The first-order valence-electron chi connectivity index (χ1n) is 7.59. The van der Waals surface area contributed by atoms with Crippen LogP contribution >= 0.6 is 35.4 Å². The summed E-state index contributed by atoms with van der Waals surface area (Å²) in [5.41, 5.74) is -0.0646. The molecular formula is C16H11Cl2F4N3O3S. The van der Waals surface area contributed by atoms with Crippen molar-refractivity contribution in [1.82, 2.24) is 0 Å². The lowest BCUT2D eigenvalue weighted by Crippen LogP contribution is -2.33. The largest absolute Gasteiger partial charge is 0.487 e. The van der Waals surface area contributed by atoms with Gasteiger partial charge in [0, 0.05) is 17.8 Å². The molecule has 2 aromatic rings. The van der Waals surface area contributed by atoms with Crippen LogP contribution in [0.15, 0.2) is 36.4 Å². The second kappa shape index (κ2) is 9.42. The van der Waals surface area contributed by atoms with Gasteiger partial charge >= 0.3 is 12.3 Å². The summed E-state index contributed by atoms with van der Waals surface area (Å²) in [6, 6.07) is 7.53. The van der Waals surface area contributed by atoms with Crippen LogP contribution in [0.2, 0.25) is 10.0 Å². The van der Waals surface area contributed by atoms with E-state index >= 15 is 0 Å². The molecule has 0 heterocycles. The predicted molar refractivity (Wildman–Crippen MR) is 106 cm³/mol. The number of hydrogen-bond donors (Lipinski definition) is 2. The highest BCUT2D eigenvalue weighted by Crippen LogP contribution is 2.30. The van der Waals surface area contributed by atoms with Gasteiger partial charge < -0.3 is 15.4 Å². The summed E-state index contributed by atoms with van der Waals surface area (Å²) in [7, 11) is 0. The first kappa shape index (κ1) is 22.9. The summed E-state index contributed by atoms with van der Waals surface area (Å²) < 4.78 is 55.2. The van der Waals surface area contributed by atoms with Crippen molar-refractivity contribution in [3.63, 3.8) is 0 Å². The van der Waals surface area contributed by atoms with Gasteiger partial charge in [0.2, 0.25) is 0 Å². The highest BCUT2D eigenvalue weighted by atomic mass is 35.5. The molecule has 0 fully saturated rings. The number of nitro groups is 1. The average Bonchev–Trinajstić information content (AvgIpc) is 2.62. The number of nitro benzene ring substituents is 1. The first-order chi connectivity index (χ1) is 13.5. The van der Waals surface area contributed by atoms with Crippen LogP contribution in [0.3, 0.4) is 0 Å². The Kier molecular flexibility index (Phi) is 7.44. The third-order valence-electron chi connectivity index (χ3n) is 3.29. The van der Waals surface area contributed by atoms with Crippen LogP contribution in [-0.2, 0) is 0 Å². The second-order valence-electron chi connectivity index (χ2n) is 5.53. The van der Waals surface area contributed by atoms with Gasteiger partial charge in [0.05, 0.1) is 26.7 Å². The van der Waals surface area contributed by atoms with Crippen molar-refractivity contribution in [1.29, 1.82) is 0 Å². The fourth-order valence-corrected chi connectivity index (χ4v) is 2.49. The van der Waals surface area contributed by atoms with Crippen molar-refractivity contribution in [2.75, 3.05) is 17.2 Å². The molecule has 0 amide bonds. The maximum absolute atomic E-state index is 13.0. The standard InChI is InChI=1S/C16H11Cl2F4N3O3S/c17-12-2-1-8(5-13(12)18)23-15(29)24-9-3-10(25(26)27)6-11(4-9)28-7-16(21,22)14(19)20/h1-6,14H,7H2,(H2,23,24,29). The van der Waals surface area contributed by atoms with Gasteiger partial charge in [0.15, 0.2) is 11.7 Å². The van der Waals surface area contributed by atoms with Gasteiger partial charge in [-0.3, -0.25) is 10.1 Å². The van der Waals surface area contributed by atoms with Crippen LogP contribution in [0.1, 0.15) is 0 Å². The molecule has 0 spiro atoms. The third-order valence-corrected chi connectivity index (χ3v) is 4.23. The number of rotatable bonds is 7. The Labute approximate surface area is 176 Å². The van der Waals surface area contributed by atoms with E-state index in [1.165, 1.54) is 12.1 Å². The van der Waals surface area contributed by atoms with E-state index in [0.717, 1.165) is 18.2 Å². The minimum Gasteiger partial charge on any atom is -0.487 e. The lowest BCUT2D eigenvalue weighted by molar-refractivity contribution is -0.384. The van der Waals surface area contributed by atoms with E-state index < -0.39 is 35.3 Å². The molecule has 0 unspecified atom stereocenters. The summed E-state index contributed by atoms with van der Waals surface area (Å²) >= 11 is 16.8. The fraction of sp³-hybridized carbons (Fsp3) is 0.188. The summed E-state index contributed by atoms with van der Waals surface area (Å²) in [5.74, 6) is -4.83. The number of alkyl halides is 4. The number of nitrogens with zero attached hydrogens (tertiary/aromatic N) is 1. The molecule has 0 bridgehead atoms. The van der Waals surface area contributed by atoms with Crippen LogP contribution < -0.4 is 15.4 Å². The summed E-state index contributed by atoms with van der Waals surface area (Å²) in [6.45, 7) is -1.66. The van der Waals surface area contributed by atoms with Crippen LogP contribution in [0.25, 0.3) is 0 Å². The monoisotopic (exact) mass is 471 g/mol. The molecule has 2 aromatic carbocycles. The zero-order valence-electron chi connectivity index (χ0n) is 14.1. The van der Waals surface area contributed by atoms with Gasteiger partial charge in [-0.15, -0.1) is 0 Å². The summed E-state index contributed by atoms with van der Waals surface area (Å²) in [4.78, 5) is 10.2. The summed E-state index contributed by atoms with van der Waals surface area (Å²) in [5, 5.41) is 16.9. The minimum absolute atomic E-state index is 0.00660. The van der Waals surface area contributed by atoms with E-state index in [1.807, 2.05) is 0 Å². The maximum atomic E-state index is 13.0. The number of hydrogen-bond acceptors (Lipinski definition) is 4. The Morgan fingerprint density at radius 1 is 1.14 bits per heavy atom. The Hall–Kier alpha value is -2.37. The first-order valence-corrected chi connectivity index (χ1v) is 8.75. The van der Waals surface area contributed by atoms with Crippen LogP contribution in [-0.4, -0.2) is 29.0 Å². The van der Waals surface area contributed by atoms with Gasteiger partial charge in [-0.2, -0.15) is 8.78 Å². The zero-order valence-corrected chi connectivity index (χ0v) is 16.4. The molecule has 13 heteroatoms. The van der Waals surface area contributed by atoms with Crippen LogP contribution in [0.4, 0.5) is 34.6 Å². The zero-order chi connectivity index (χ0) is 21.8. The second-order valence-corrected chi connectivity index (χ2v) is 6.75. The van der Waals surface area contributed by atoms with Crippen molar-refractivity contribution in [3.05, 3.63) is 56.6 Å². The molecule has 0 saturated heterocycles. The van der Waals surface area contributed by atoms with Gasteiger partial charge in [-0.05, 0) is 30.4 Å². The Balaban J connectivity index is 2.16. The van der Waals surface area contributed by atoms with Crippen LogP contribution in [0.5, 0.6) is 5.75 Å². The molecule has 29 heavy (non-hydrogen) atoms. The molecule has 6 nitrogen and oxygen atoms in total. The number of halogens is 6. The number of benzene rings is 2. The number of nitrogens with one attached hydrogen (secondary N) is 2. The smallest absolute Gasteiger partial charge is 0.340 e. The lowest BCUT2D eigenvalue weighted by atomic mass is 10.2. The molecule has 0 radical (unpaired) electrons. The Morgan fingerprint density at radius 3 is 2.38 bits per heavy atom. The normalized spacial score (nSPS) is 11.3. The fourth-order valence-electron chi connectivity index (χ4n) is 1.95. The minimum atomic E-state index is -4.41. The van der Waals surface area contributed by atoms with E-state index in [2.05, 4.69) is 15.4 Å². The molecular weight excluding hydrogens is 461 g/mol. The quantitative estimate of drug-likeness (QED) is 0.223. The van der Waals surface area contributed by atoms with E-state index in [9.17, 15) is 27.7 Å². The molecule has 0 aliphatic rings. The van der Waals surface area contributed by atoms with Gasteiger partial charge in [-0.1, -0.05) is 23.2 Å². The third kappa shape index (κ3) is 6.58.